The molecule has 0 unspecified atom stereocenters. The number of alkyl halides is 3. The normalized spacial score (nSPS) is 21.6. The average molecular weight is 223 g/mol. The standard InChI is InChI=1S/C11H20F3N/c1-10(5-3-2-4-6-10)9-15-8-7-11(12,13)14/h15H,2-9H2,1H3. The maximum atomic E-state index is 11.9. The molecule has 1 aliphatic rings. The molecule has 1 aliphatic carbocycles. The Kier molecular flexibility index (Phi) is 4.44. The zero-order valence-electron chi connectivity index (χ0n) is 9.29. The fraction of sp³-hybridized carbons (Fsp3) is 1.00. The highest BCUT2D eigenvalue weighted by atomic mass is 19.4. The van der Waals surface area contributed by atoms with Gasteiger partial charge in [-0.05, 0) is 18.3 Å². The van der Waals surface area contributed by atoms with E-state index in [-0.39, 0.29) is 12.0 Å². The van der Waals surface area contributed by atoms with Crippen LogP contribution >= 0.6 is 0 Å². The van der Waals surface area contributed by atoms with Gasteiger partial charge < -0.3 is 5.32 Å². The van der Waals surface area contributed by atoms with Gasteiger partial charge in [0.15, 0.2) is 0 Å². The van der Waals surface area contributed by atoms with Gasteiger partial charge >= 0.3 is 6.18 Å². The van der Waals surface area contributed by atoms with Crippen LogP contribution in [0.3, 0.4) is 0 Å². The Labute approximate surface area is 89.4 Å². The van der Waals surface area contributed by atoms with E-state index < -0.39 is 12.6 Å². The Bertz CT molecular complexity index is 183. The monoisotopic (exact) mass is 223 g/mol. The van der Waals surface area contributed by atoms with Gasteiger partial charge in [-0.25, -0.2) is 0 Å². The summed E-state index contributed by atoms with van der Waals surface area (Å²) in [6, 6.07) is 0. The zero-order valence-corrected chi connectivity index (χ0v) is 9.29. The average Bonchev–Trinajstić information content (AvgIpc) is 2.12. The maximum Gasteiger partial charge on any atom is 0.390 e. The van der Waals surface area contributed by atoms with Crippen LogP contribution in [0.1, 0.15) is 45.4 Å². The van der Waals surface area contributed by atoms with E-state index in [4.69, 9.17) is 0 Å². The first-order valence-electron chi connectivity index (χ1n) is 5.69. The Morgan fingerprint density at radius 1 is 1.13 bits per heavy atom. The number of hydrogen-bond donors (Lipinski definition) is 1. The summed E-state index contributed by atoms with van der Waals surface area (Å²) in [5, 5.41) is 2.93. The minimum atomic E-state index is -4.03. The van der Waals surface area contributed by atoms with Crippen LogP contribution in [0.15, 0.2) is 0 Å². The highest BCUT2D eigenvalue weighted by molar-refractivity contribution is 4.80. The molecule has 1 fully saturated rings. The fourth-order valence-corrected chi connectivity index (χ4v) is 2.20. The number of hydrogen-bond acceptors (Lipinski definition) is 1. The van der Waals surface area contributed by atoms with E-state index >= 15 is 0 Å². The van der Waals surface area contributed by atoms with Crippen molar-refractivity contribution in [1.82, 2.24) is 5.32 Å². The van der Waals surface area contributed by atoms with Gasteiger partial charge in [0.05, 0.1) is 6.42 Å². The van der Waals surface area contributed by atoms with Crippen LogP contribution in [0.2, 0.25) is 0 Å². The summed E-state index contributed by atoms with van der Waals surface area (Å²) in [7, 11) is 0. The van der Waals surface area contributed by atoms with E-state index in [0.717, 1.165) is 19.4 Å². The number of nitrogens with one attached hydrogen (secondary N) is 1. The minimum Gasteiger partial charge on any atom is -0.316 e. The summed E-state index contributed by atoms with van der Waals surface area (Å²) in [6.45, 7) is 2.95. The van der Waals surface area contributed by atoms with Crippen molar-refractivity contribution in [2.45, 2.75) is 51.6 Å². The second kappa shape index (κ2) is 5.19. The van der Waals surface area contributed by atoms with Crippen LogP contribution in [0, 0.1) is 5.41 Å². The molecule has 0 bridgehead atoms. The molecule has 0 aromatic carbocycles. The molecule has 4 heteroatoms. The lowest BCUT2D eigenvalue weighted by atomic mass is 9.76. The van der Waals surface area contributed by atoms with E-state index in [0.29, 0.717) is 0 Å². The summed E-state index contributed by atoms with van der Waals surface area (Å²) < 4.78 is 35.6. The summed E-state index contributed by atoms with van der Waals surface area (Å²) in [4.78, 5) is 0. The smallest absolute Gasteiger partial charge is 0.316 e. The summed E-state index contributed by atoms with van der Waals surface area (Å²) in [5.74, 6) is 0. The van der Waals surface area contributed by atoms with Crippen molar-refractivity contribution >= 4 is 0 Å². The largest absolute Gasteiger partial charge is 0.390 e. The highest BCUT2D eigenvalue weighted by Gasteiger charge is 2.28. The third kappa shape index (κ3) is 5.40. The van der Waals surface area contributed by atoms with Crippen LogP contribution in [0.25, 0.3) is 0 Å². The van der Waals surface area contributed by atoms with Gasteiger partial charge in [0, 0.05) is 13.1 Å². The predicted octanol–water partition coefficient (Wildman–Crippen LogP) is 3.50. The van der Waals surface area contributed by atoms with Gasteiger partial charge in [-0.2, -0.15) is 13.2 Å². The molecular weight excluding hydrogens is 203 g/mol. The lowest BCUT2D eigenvalue weighted by Gasteiger charge is -2.33. The number of rotatable bonds is 4. The third-order valence-corrected chi connectivity index (χ3v) is 3.20. The van der Waals surface area contributed by atoms with Crippen molar-refractivity contribution in [2.24, 2.45) is 5.41 Å². The van der Waals surface area contributed by atoms with E-state index in [2.05, 4.69) is 12.2 Å². The van der Waals surface area contributed by atoms with E-state index in [1.54, 1.807) is 0 Å². The third-order valence-electron chi connectivity index (χ3n) is 3.20. The van der Waals surface area contributed by atoms with Crippen molar-refractivity contribution in [3.05, 3.63) is 0 Å². The minimum absolute atomic E-state index is 0.0547. The molecule has 0 aromatic rings. The molecule has 0 spiro atoms. The van der Waals surface area contributed by atoms with Crippen molar-refractivity contribution in [1.29, 1.82) is 0 Å². The van der Waals surface area contributed by atoms with Gasteiger partial charge in [-0.3, -0.25) is 0 Å². The highest BCUT2D eigenvalue weighted by Crippen LogP contribution is 2.34. The molecule has 0 amide bonds. The predicted molar refractivity (Wildman–Crippen MR) is 54.7 cm³/mol. The Morgan fingerprint density at radius 2 is 1.73 bits per heavy atom. The molecule has 90 valence electrons. The Hall–Kier alpha value is -0.250. The first kappa shape index (κ1) is 12.8. The van der Waals surface area contributed by atoms with Gasteiger partial charge in [-0.15, -0.1) is 0 Å². The molecule has 0 aliphatic heterocycles. The van der Waals surface area contributed by atoms with E-state index in [1.165, 1.54) is 19.3 Å². The molecule has 1 N–H and O–H groups in total. The Morgan fingerprint density at radius 3 is 2.27 bits per heavy atom. The second-order valence-corrected chi connectivity index (χ2v) is 4.91. The van der Waals surface area contributed by atoms with E-state index in [9.17, 15) is 13.2 Å². The molecule has 1 saturated carbocycles. The van der Waals surface area contributed by atoms with Crippen molar-refractivity contribution in [3.8, 4) is 0 Å². The maximum absolute atomic E-state index is 11.9. The van der Waals surface area contributed by atoms with Gasteiger partial charge in [0.25, 0.3) is 0 Å². The Balaban J connectivity index is 2.13. The lowest BCUT2D eigenvalue weighted by Crippen LogP contribution is -2.35. The second-order valence-electron chi connectivity index (χ2n) is 4.91. The van der Waals surface area contributed by atoms with Crippen LogP contribution in [0.5, 0.6) is 0 Å². The van der Waals surface area contributed by atoms with Crippen LogP contribution in [-0.4, -0.2) is 19.3 Å². The SMILES string of the molecule is CC1(CNCCC(F)(F)F)CCCCC1. The number of halogens is 3. The quantitative estimate of drug-likeness (QED) is 0.719. The van der Waals surface area contributed by atoms with Gasteiger partial charge in [0.1, 0.15) is 0 Å². The first-order valence-corrected chi connectivity index (χ1v) is 5.69. The lowest BCUT2D eigenvalue weighted by molar-refractivity contribution is -0.133. The molecule has 0 radical (unpaired) electrons. The molecule has 0 saturated heterocycles. The molecule has 1 nitrogen and oxygen atoms in total. The molecular formula is C11H20F3N. The summed E-state index contributed by atoms with van der Waals surface area (Å²) >= 11 is 0. The first-order chi connectivity index (χ1) is 6.91. The van der Waals surface area contributed by atoms with Crippen LogP contribution < -0.4 is 5.32 Å². The summed E-state index contributed by atoms with van der Waals surface area (Å²) in [6.07, 6.45) is 1.26. The van der Waals surface area contributed by atoms with Crippen molar-refractivity contribution < 1.29 is 13.2 Å². The van der Waals surface area contributed by atoms with Crippen LogP contribution in [-0.2, 0) is 0 Å². The van der Waals surface area contributed by atoms with Gasteiger partial charge in [-0.1, -0.05) is 26.2 Å². The van der Waals surface area contributed by atoms with Crippen molar-refractivity contribution in [3.63, 3.8) is 0 Å². The van der Waals surface area contributed by atoms with E-state index in [1.807, 2.05) is 0 Å². The van der Waals surface area contributed by atoms with Gasteiger partial charge in [0.2, 0.25) is 0 Å². The molecule has 0 atom stereocenters. The van der Waals surface area contributed by atoms with Crippen molar-refractivity contribution in [2.75, 3.05) is 13.1 Å². The zero-order chi connectivity index (χ0) is 11.4. The topological polar surface area (TPSA) is 12.0 Å². The summed E-state index contributed by atoms with van der Waals surface area (Å²) in [5.41, 5.74) is 0.226. The molecule has 0 heterocycles. The molecule has 1 rings (SSSR count). The van der Waals surface area contributed by atoms with Crippen LogP contribution in [0.4, 0.5) is 13.2 Å². The molecule has 0 aromatic heterocycles. The molecule has 15 heavy (non-hydrogen) atoms. The fourth-order valence-electron chi connectivity index (χ4n) is 2.20.